The standard InChI is InChI=1S/C14H24N2O2/c1-4-7-8-9-10-13(15-11-17)14(5-2,6-3)16-12-18/h13H,4-10H2,1-3H3. The minimum Gasteiger partial charge on any atom is -0.211 e. The van der Waals surface area contributed by atoms with Crippen LogP contribution in [-0.4, -0.2) is 23.7 Å². The normalized spacial score (nSPS) is 12.4. The number of unbranched alkanes of at least 4 members (excludes halogenated alkanes) is 3. The molecule has 4 nitrogen and oxygen atoms in total. The maximum absolute atomic E-state index is 10.6. The molecule has 0 aromatic rings. The Labute approximate surface area is 110 Å². The summed E-state index contributed by atoms with van der Waals surface area (Å²) in [6.45, 7) is 6.08. The van der Waals surface area contributed by atoms with Crippen molar-refractivity contribution in [3.8, 4) is 0 Å². The number of isocyanates is 2. The molecular weight excluding hydrogens is 228 g/mol. The van der Waals surface area contributed by atoms with E-state index in [4.69, 9.17) is 0 Å². The van der Waals surface area contributed by atoms with Gasteiger partial charge in [-0.25, -0.2) is 9.59 Å². The van der Waals surface area contributed by atoms with Gasteiger partial charge in [-0.15, -0.1) is 0 Å². The van der Waals surface area contributed by atoms with Crippen LogP contribution in [0.1, 0.15) is 65.7 Å². The summed E-state index contributed by atoms with van der Waals surface area (Å²) < 4.78 is 0. The summed E-state index contributed by atoms with van der Waals surface area (Å²) in [6, 6.07) is -0.247. The van der Waals surface area contributed by atoms with Crippen molar-refractivity contribution in [2.45, 2.75) is 77.3 Å². The summed E-state index contributed by atoms with van der Waals surface area (Å²) in [5.74, 6) is 0. The maximum atomic E-state index is 10.6. The van der Waals surface area contributed by atoms with Crippen LogP contribution in [0.2, 0.25) is 0 Å². The van der Waals surface area contributed by atoms with Crippen molar-refractivity contribution >= 4 is 12.2 Å². The van der Waals surface area contributed by atoms with Crippen LogP contribution in [0.4, 0.5) is 0 Å². The molecule has 0 aliphatic rings. The Bertz CT molecular complexity index is 312. The first-order chi connectivity index (χ1) is 8.70. The largest absolute Gasteiger partial charge is 0.235 e. The molecule has 0 aliphatic carbocycles. The van der Waals surface area contributed by atoms with Crippen LogP contribution in [0.25, 0.3) is 0 Å². The van der Waals surface area contributed by atoms with Crippen LogP contribution in [0.5, 0.6) is 0 Å². The molecule has 0 heterocycles. The summed E-state index contributed by atoms with van der Waals surface area (Å²) in [5.41, 5.74) is -0.578. The SMILES string of the molecule is CCCCCCC(N=C=O)C(CC)(CC)N=C=O. The smallest absolute Gasteiger partial charge is 0.211 e. The van der Waals surface area contributed by atoms with E-state index in [2.05, 4.69) is 16.9 Å². The first-order valence-electron chi connectivity index (χ1n) is 6.86. The Morgan fingerprint density at radius 3 is 2.11 bits per heavy atom. The summed E-state index contributed by atoms with van der Waals surface area (Å²) >= 11 is 0. The molecule has 1 atom stereocenters. The minimum absolute atomic E-state index is 0.247. The molecular formula is C14H24N2O2. The molecule has 0 saturated carbocycles. The molecule has 0 fully saturated rings. The Morgan fingerprint density at radius 1 is 1.00 bits per heavy atom. The second-order valence-corrected chi connectivity index (χ2v) is 4.60. The minimum atomic E-state index is -0.578. The first kappa shape index (κ1) is 16.8. The van der Waals surface area contributed by atoms with Crippen LogP contribution in [0.15, 0.2) is 9.98 Å². The number of aliphatic imine (C=N–C) groups is 2. The summed E-state index contributed by atoms with van der Waals surface area (Å²) in [5, 5.41) is 0. The van der Waals surface area contributed by atoms with Crippen molar-refractivity contribution < 1.29 is 9.59 Å². The molecule has 0 radical (unpaired) electrons. The highest BCUT2D eigenvalue weighted by Gasteiger charge is 2.35. The van der Waals surface area contributed by atoms with Gasteiger partial charge in [-0.3, -0.25) is 0 Å². The average molecular weight is 252 g/mol. The highest BCUT2D eigenvalue weighted by atomic mass is 16.1. The van der Waals surface area contributed by atoms with Crippen molar-refractivity contribution in [1.82, 2.24) is 0 Å². The molecule has 0 saturated heterocycles. The number of rotatable bonds is 10. The zero-order valence-electron chi connectivity index (χ0n) is 11.7. The lowest BCUT2D eigenvalue weighted by atomic mass is 9.82. The van der Waals surface area contributed by atoms with E-state index >= 15 is 0 Å². The van der Waals surface area contributed by atoms with Crippen molar-refractivity contribution in [3.63, 3.8) is 0 Å². The Hall–Kier alpha value is -1.24. The van der Waals surface area contributed by atoms with Crippen LogP contribution in [0, 0.1) is 0 Å². The van der Waals surface area contributed by atoms with Gasteiger partial charge in [0.25, 0.3) is 0 Å². The highest BCUT2D eigenvalue weighted by Crippen LogP contribution is 2.30. The fraction of sp³-hybridized carbons (Fsp3) is 0.857. The van der Waals surface area contributed by atoms with Gasteiger partial charge in [-0.05, 0) is 19.3 Å². The van der Waals surface area contributed by atoms with Gasteiger partial charge in [-0.1, -0.05) is 46.5 Å². The predicted molar refractivity (Wildman–Crippen MR) is 72.1 cm³/mol. The van der Waals surface area contributed by atoms with E-state index in [0.717, 1.165) is 19.3 Å². The zero-order chi connectivity index (χ0) is 13.9. The van der Waals surface area contributed by atoms with Crippen molar-refractivity contribution in [1.29, 1.82) is 0 Å². The maximum Gasteiger partial charge on any atom is 0.235 e. The van der Waals surface area contributed by atoms with E-state index in [9.17, 15) is 9.59 Å². The van der Waals surface area contributed by atoms with E-state index in [1.807, 2.05) is 13.8 Å². The zero-order valence-corrected chi connectivity index (χ0v) is 11.7. The van der Waals surface area contributed by atoms with E-state index in [1.165, 1.54) is 12.8 Å². The fourth-order valence-electron chi connectivity index (χ4n) is 2.33. The van der Waals surface area contributed by atoms with Gasteiger partial charge < -0.3 is 0 Å². The highest BCUT2D eigenvalue weighted by molar-refractivity contribution is 5.37. The summed E-state index contributed by atoms with van der Waals surface area (Å²) in [7, 11) is 0. The summed E-state index contributed by atoms with van der Waals surface area (Å²) in [4.78, 5) is 29.0. The Morgan fingerprint density at radius 2 is 1.67 bits per heavy atom. The van der Waals surface area contributed by atoms with Gasteiger partial charge in [0.05, 0.1) is 11.6 Å². The summed E-state index contributed by atoms with van der Waals surface area (Å²) in [6.07, 6.45) is 9.88. The molecule has 0 rings (SSSR count). The number of hydrogen-bond acceptors (Lipinski definition) is 4. The van der Waals surface area contributed by atoms with E-state index in [0.29, 0.717) is 12.8 Å². The molecule has 102 valence electrons. The van der Waals surface area contributed by atoms with Crippen molar-refractivity contribution in [2.24, 2.45) is 9.98 Å². The average Bonchev–Trinajstić information content (AvgIpc) is 2.40. The molecule has 0 N–H and O–H groups in total. The van der Waals surface area contributed by atoms with Crippen molar-refractivity contribution in [3.05, 3.63) is 0 Å². The molecule has 0 aliphatic heterocycles. The third kappa shape index (κ3) is 4.95. The number of carbonyl (C=O) groups excluding carboxylic acids is 2. The lowest BCUT2D eigenvalue weighted by Gasteiger charge is -2.31. The van der Waals surface area contributed by atoms with E-state index in [1.54, 1.807) is 12.2 Å². The topological polar surface area (TPSA) is 58.9 Å². The first-order valence-corrected chi connectivity index (χ1v) is 6.86. The van der Waals surface area contributed by atoms with Crippen molar-refractivity contribution in [2.75, 3.05) is 0 Å². The van der Waals surface area contributed by atoms with Gasteiger partial charge in [0.1, 0.15) is 0 Å². The quantitative estimate of drug-likeness (QED) is 0.339. The third-order valence-electron chi connectivity index (χ3n) is 3.65. The third-order valence-corrected chi connectivity index (χ3v) is 3.65. The second kappa shape index (κ2) is 9.76. The monoisotopic (exact) mass is 252 g/mol. The van der Waals surface area contributed by atoms with Crippen LogP contribution < -0.4 is 0 Å². The van der Waals surface area contributed by atoms with Crippen LogP contribution >= 0.6 is 0 Å². The van der Waals surface area contributed by atoms with Crippen LogP contribution in [0.3, 0.4) is 0 Å². The van der Waals surface area contributed by atoms with E-state index in [-0.39, 0.29) is 6.04 Å². The molecule has 0 aromatic carbocycles. The fourth-order valence-corrected chi connectivity index (χ4v) is 2.33. The molecule has 0 bridgehead atoms. The molecule has 0 amide bonds. The molecule has 4 heteroatoms. The lowest BCUT2D eigenvalue weighted by Crippen LogP contribution is -2.38. The molecule has 18 heavy (non-hydrogen) atoms. The van der Waals surface area contributed by atoms with E-state index < -0.39 is 5.54 Å². The number of nitrogens with zero attached hydrogens (tertiary/aromatic N) is 2. The van der Waals surface area contributed by atoms with Gasteiger partial charge in [0.15, 0.2) is 0 Å². The lowest BCUT2D eigenvalue weighted by molar-refractivity contribution is 0.303. The van der Waals surface area contributed by atoms with Gasteiger partial charge in [0.2, 0.25) is 12.2 Å². The van der Waals surface area contributed by atoms with Crippen LogP contribution in [-0.2, 0) is 9.59 Å². The Kier molecular flexibility index (Phi) is 9.08. The number of hydrogen-bond donors (Lipinski definition) is 0. The van der Waals surface area contributed by atoms with Gasteiger partial charge in [0, 0.05) is 0 Å². The van der Waals surface area contributed by atoms with Gasteiger partial charge in [-0.2, -0.15) is 9.98 Å². The predicted octanol–water partition coefficient (Wildman–Crippen LogP) is 3.56. The van der Waals surface area contributed by atoms with Gasteiger partial charge >= 0.3 is 0 Å². The second-order valence-electron chi connectivity index (χ2n) is 4.60. The molecule has 0 aromatic heterocycles. The molecule has 0 spiro atoms. The Balaban J connectivity index is 4.81. The molecule has 1 unspecified atom stereocenters.